The number of aromatic nitrogens is 1. The van der Waals surface area contributed by atoms with E-state index in [1.165, 1.54) is 12.1 Å². The van der Waals surface area contributed by atoms with E-state index in [1.807, 2.05) is 6.92 Å². The SMILES string of the molecule is Cc1ccc(NS(=O)(=O)c2cc(Cl)cc(N)c2Br)nc1. The van der Waals surface area contributed by atoms with Gasteiger partial charge in [-0.1, -0.05) is 17.7 Å². The van der Waals surface area contributed by atoms with E-state index in [9.17, 15) is 8.42 Å². The average molecular weight is 377 g/mol. The van der Waals surface area contributed by atoms with Gasteiger partial charge in [-0.25, -0.2) is 13.4 Å². The van der Waals surface area contributed by atoms with Crippen LogP contribution in [0.2, 0.25) is 5.02 Å². The molecule has 0 saturated heterocycles. The van der Waals surface area contributed by atoms with Crippen LogP contribution in [0.15, 0.2) is 39.8 Å². The molecule has 0 aliphatic heterocycles. The molecule has 0 fully saturated rings. The molecule has 1 heterocycles. The number of aryl methyl sites for hydroxylation is 1. The predicted molar refractivity (Wildman–Crippen MR) is 83.3 cm³/mol. The van der Waals surface area contributed by atoms with Gasteiger partial charge in [-0.15, -0.1) is 0 Å². The number of anilines is 2. The number of rotatable bonds is 3. The number of pyridine rings is 1. The number of nitrogens with two attached hydrogens (primary N) is 1. The van der Waals surface area contributed by atoms with Gasteiger partial charge >= 0.3 is 0 Å². The van der Waals surface area contributed by atoms with E-state index in [-0.39, 0.29) is 25.9 Å². The van der Waals surface area contributed by atoms with Crippen LogP contribution in [0.4, 0.5) is 11.5 Å². The number of nitrogen functional groups attached to an aromatic ring is 1. The summed E-state index contributed by atoms with van der Waals surface area (Å²) >= 11 is 9.00. The lowest BCUT2D eigenvalue weighted by Crippen LogP contribution is -2.15. The van der Waals surface area contributed by atoms with Crippen molar-refractivity contribution in [2.24, 2.45) is 0 Å². The van der Waals surface area contributed by atoms with E-state index in [0.29, 0.717) is 0 Å². The van der Waals surface area contributed by atoms with Crippen molar-refractivity contribution in [1.29, 1.82) is 0 Å². The van der Waals surface area contributed by atoms with Gasteiger partial charge in [0.2, 0.25) is 0 Å². The Balaban J connectivity index is 2.43. The molecule has 0 unspecified atom stereocenters. The Bertz CT molecular complexity index is 748. The molecule has 0 spiro atoms. The van der Waals surface area contributed by atoms with E-state index in [0.717, 1.165) is 5.56 Å². The smallest absolute Gasteiger partial charge is 0.264 e. The fraction of sp³-hybridized carbons (Fsp3) is 0.0833. The van der Waals surface area contributed by atoms with Crippen molar-refractivity contribution in [3.8, 4) is 0 Å². The molecule has 3 N–H and O–H groups in total. The minimum Gasteiger partial charge on any atom is -0.398 e. The van der Waals surface area contributed by atoms with E-state index in [1.54, 1.807) is 18.3 Å². The number of nitrogens with zero attached hydrogens (tertiary/aromatic N) is 1. The molecule has 2 rings (SSSR count). The first kappa shape index (κ1) is 15.1. The molecule has 2 aromatic rings. The number of hydrogen-bond donors (Lipinski definition) is 2. The zero-order chi connectivity index (χ0) is 14.9. The lowest BCUT2D eigenvalue weighted by Gasteiger charge is -2.11. The Labute approximate surface area is 130 Å². The summed E-state index contributed by atoms with van der Waals surface area (Å²) in [4.78, 5) is 3.96. The van der Waals surface area contributed by atoms with Gasteiger partial charge in [-0.2, -0.15) is 0 Å². The molecule has 8 heteroatoms. The lowest BCUT2D eigenvalue weighted by molar-refractivity contribution is 0.600. The molecule has 0 aliphatic carbocycles. The van der Waals surface area contributed by atoms with Crippen LogP contribution in [0, 0.1) is 6.92 Å². The van der Waals surface area contributed by atoms with Gasteiger partial charge in [-0.05, 0) is 46.6 Å². The molecule has 0 atom stereocenters. The largest absolute Gasteiger partial charge is 0.398 e. The topological polar surface area (TPSA) is 85.1 Å². The molecule has 0 saturated carbocycles. The monoisotopic (exact) mass is 375 g/mol. The van der Waals surface area contributed by atoms with E-state index < -0.39 is 10.0 Å². The van der Waals surface area contributed by atoms with Crippen molar-refractivity contribution in [1.82, 2.24) is 4.98 Å². The zero-order valence-electron chi connectivity index (χ0n) is 10.4. The summed E-state index contributed by atoms with van der Waals surface area (Å²) in [6.07, 6.45) is 1.57. The van der Waals surface area contributed by atoms with Crippen molar-refractivity contribution in [2.45, 2.75) is 11.8 Å². The molecule has 0 aliphatic rings. The maximum atomic E-state index is 12.3. The number of hydrogen-bond acceptors (Lipinski definition) is 4. The summed E-state index contributed by atoms with van der Waals surface area (Å²) < 4.78 is 27.3. The van der Waals surface area contributed by atoms with Gasteiger partial charge in [-0.3, -0.25) is 4.72 Å². The Morgan fingerprint density at radius 2 is 2.05 bits per heavy atom. The molecule has 0 amide bonds. The van der Waals surface area contributed by atoms with Gasteiger partial charge in [0, 0.05) is 16.9 Å². The number of halogens is 2. The molecular formula is C12H11BrClN3O2S. The normalized spacial score (nSPS) is 11.3. The third-order valence-electron chi connectivity index (χ3n) is 2.47. The highest BCUT2D eigenvalue weighted by molar-refractivity contribution is 9.10. The first-order valence-corrected chi connectivity index (χ1v) is 8.15. The number of sulfonamides is 1. The first-order valence-electron chi connectivity index (χ1n) is 5.49. The third kappa shape index (κ3) is 3.23. The molecule has 106 valence electrons. The summed E-state index contributed by atoms with van der Waals surface area (Å²) in [6.45, 7) is 1.86. The Hall–Kier alpha value is -1.31. The maximum absolute atomic E-state index is 12.3. The molecule has 20 heavy (non-hydrogen) atoms. The highest BCUT2D eigenvalue weighted by Gasteiger charge is 2.20. The average Bonchev–Trinajstić information content (AvgIpc) is 2.36. The van der Waals surface area contributed by atoms with Crippen molar-refractivity contribution in [3.63, 3.8) is 0 Å². The number of nitrogens with one attached hydrogen (secondary N) is 1. The second-order valence-electron chi connectivity index (χ2n) is 4.13. The predicted octanol–water partition coefficient (Wildman–Crippen LogP) is 3.19. The molecular weight excluding hydrogens is 366 g/mol. The highest BCUT2D eigenvalue weighted by atomic mass is 79.9. The van der Waals surface area contributed by atoms with Crippen LogP contribution in [-0.4, -0.2) is 13.4 Å². The van der Waals surface area contributed by atoms with E-state index in [2.05, 4.69) is 25.6 Å². The summed E-state index contributed by atoms with van der Waals surface area (Å²) in [5.74, 6) is 0.223. The van der Waals surface area contributed by atoms with Crippen molar-refractivity contribution < 1.29 is 8.42 Å². The summed E-state index contributed by atoms with van der Waals surface area (Å²) in [5, 5.41) is 0.239. The maximum Gasteiger partial charge on any atom is 0.264 e. The molecule has 5 nitrogen and oxygen atoms in total. The standard InChI is InChI=1S/C12H11BrClN3O2S/c1-7-2-3-11(16-6-7)17-20(18,19)10-5-8(14)4-9(15)12(10)13/h2-6H,15H2,1H3,(H,16,17). The Morgan fingerprint density at radius 3 is 2.65 bits per heavy atom. The molecule has 0 radical (unpaired) electrons. The quantitative estimate of drug-likeness (QED) is 0.806. The van der Waals surface area contributed by atoms with Crippen molar-refractivity contribution >= 4 is 49.1 Å². The Morgan fingerprint density at radius 1 is 1.35 bits per heavy atom. The van der Waals surface area contributed by atoms with Crippen LogP contribution < -0.4 is 10.5 Å². The summed E-state index contributed by atoms with van der Waals surface area (Å²) in [5.41, 5.74) is 6.87. The van der Waals surface area contributed by atoms with E-state index >= 15 is 0 Å². The second-order valence-corrected chi connectivity index (χ2v) is 7.01. The highest BCUT2D eigenvalue weighted by Crippen LogP contribution is 2.32. The van der Waals surface area contributed by atoms with E-state index in [4.69, 9.17) is 17.3 Å². The fourth-order valence-electron chi connectivity index (χ4n) is 1.50. The summed E-state index contributed by atoms with van der Waals surface area (Å²) in [6, 6.07) is 6.12. The van der Waals surface area contributed by atoms with Gasteiger partial charge in [0.25, 0.3) is 10.0 Å². The van der Waals surface area contributed by atoms with Gasteiger partial charge in [0.05, 0.1) is 4.47 Å². The van der Waals surface area contributed by atoms with Crippen LogP contribution in [0.5, 0.6) is 0 Å². The zero-order valence-corrected chi connectivity index (χ0v) is 13.6. The minimum atomic E-state index is -3.83. The third-order valence-corrected chi connectivity index (χ3v) is 5.22. The van der Waals surface area contributed by atoms with Crippen LogP contribution in [-0.2, 0) is 10.0 Å². The second kappa shape index (κ2) is 5.59. The van der Waals surface area contributed by atoms with Crippen molar-refractivity contribution in [2.75, 3.05) is 10.5 Å². The van der Waals surface area contributed by atoms with Crippen LogP contribution in [0.1, 0.15) is 5.56 Å². The summed E-state index contributed by atoms with van der Waals surface area (Å²) in [7, 11) is -3.83. The lowest BCUT2D eigenvalue weighted by atomic mass is 10.3. The number of benzene rings is 1. The van der Waals surface area contributed by atoms with Gasteiger partial charge in [0.15, 0.2) is 0 Å². The fourth-order valence-corrected chi connectivity index (χ4v) is 3.80. The Kier molecular flexibility index (Phi) is 4.22. The molecule has 0 bridgehead atoms. The molecule has 1 aromatic heterocycles. The molecule has 1 aromatic carbocycles. The van der Waals surface area contributed by atoms with Crippen LogP contribution >= 0.6 is 27.5 Å². The van der Waals surface area contributed by atoms with Gasteiger partial charge in [0.1, 0.15) is 10.7 Å². The minimum absolute atomic E-state index is 0.0372. The van der Waals surface area contributed by atoms with Crippen LogP contribution in [0.3, 0.4) is 0 Å². The van der Waals surface area contributed by atoms with Crippen molar-refractivity contribution in [3.05, 3.63) is 45.5 Å². The van der Waals surface area contributed by atoms with Gasteiger partial charge < -0.3 is 5.73 Å². The van der Waals surface area contributed by atoms with Crippen LogP contribution in [0.25, 0.3) is 0 Å². The first-order chi connectivity index (χ1) is 9.29.